The number of rotatable bonds is 6. The van der Waals surface area contributed by atoms with E-state index >= 15 is 0 Å². The highest BCUT2D eigenvalue weighted by Crippen LogP contribution is 2.61. The SMILES string of the molecule is CCOP(=O)(Oc1cc(C)nc(C(C)(C)C)n1)SC(C)C. The van der Waals surface area contributed by atoms with Gasteiger partial charge in [-0.3, -0.25) is 4.52 Å². The zero-order valence-corrected chi connectivity index (χ0v) is 15.5. The Morgan fingerprint density at radius 2 is 1.95 bits per heavy atom. The van der Waals surface area contributed by atoms with E-state index in [9.17, 15) is 4.57 Å². The van der Waals surface area contributed by atoms with Crippen molar-refractivity contribution in [3.63, 3.8) is 0 Å². The van der Waals surface area contributed by atoms with Crippen LogP contribution in [-0.4, -0.2) is 21.8 Å². The van der Waals surface area contributed by atoms with E-state index in [1.165, 1.54) is 11.4 Å². The van der Waals surface area contributed by atoms with Crippen LogP contribution in [0.1, 0.15) is 53.1 Å². The average Bonchev–Trinajstić information content (AvgIpc) is 2.25. The van der Waals surface area contributed by atoms with Crippen LogP contribution >= 0.6 is 18.2 Å². The van der Waals surface area contributed by atoms with Gasteiger partial charge in [-0.15, -0.1) is 0 Å². The lowest BCUT2D eigenvalue weighted by Gasteiger charge is -2.21. The van der Waals surface area contributed by atoms with Gasteiger partial charge in [0.2, 0.25) is 5.88 Å². The van der Waals surface area contributed by atoms with Crippen molar-refractivity contribution in [1.29, 1.82) is 0 Å². The van der Waals surface area contributed by atoms with E-state index in [4.69, 9.17) is 9.05 Å². The summed E-state index contributed by atoms with van der Waals surface area (Å²) in [5.41, 5.74) is 0.577. The fourth-order valence-electron chi connectivity index (χ4n) is 1.53. The monoisotopic (exact) mass is 332 g/mol. The van der Waals surface area contributed by atoms with Crippen LogP contribution in [0, 0.1) is 6.92 Å². The largest absolute Gasteiger partial charge is 0.441 e. The fourth-order valence-corrected chi connectivity index (χ4v) is 5.25. The van der Waals surface area contributed by atoms with E-state index in [-0.39, 0.29) is 10.7 Å². The number of hydrogen-bond donors (Lipinski definition) is 0. The summed E-state index contributed by atoms with van der Waals surface area (Å²) in [5.74, 6) is 0.965. The maximum absolute atomic E-state index is 12.7. The first kappa shape index (κ1) is 18.5. The van der Waals surface area contributed by atoms with Gasteiger partial charge < -0.3 is 4.52 Å². The van der Waals surface area contributed by atoms with Crippen molar-refractivity contribution in [3.8, 4) is 5.88 Å². The summed E-state index contributed by atoms with van der Waals surface area (Å²) in [4.78, 5) is 8.79. The van der Waals surface area contributed by atoms with Crippen LogP contribution in [0.3, 0.4) is 0 Å². The van der Waals surface area contributed by atoms with Gasteiger partial charge in [0.05, 0.1) is 6.61 Å². The van der Waals surface area contributed by atoms with Crippen molar-refractivity contribution in [1.82, 2.24) is 9.97 Å². The van der Waals surface area contributed by atoms with Crippen LogP contribution in [0.15, 0.2) is 6.07 Å². The predicted molar refractivity (Wildman–Crippen MR) is 88.1 cm³/mol. The summed E-state index contributed by atoms with van der Waals surface area (Å²) < 4.78 is 23.7. The van der Waals surface area contributed by atoms with Gasteiger partial charge in [-0.1, -0.05) is 34.6 Å². The minimum Gasteiger partial charge on any atom is -0.398 e. The molecule has 0 saturated carbocycles. The van der Waals surface area contributed by atoms with Crippen molar-refractivity contribution in [2.75, 3.05) is 6.61 Å². The molecule has 0 aliphatic heterocycles. The van der Waals surface area contributed by atoms with Gasteiger partial charge in [0.1, 0.15) is 5.82 Å². The third-order valence-corrected chi connectivity index (χ3v) is 6.58. The number of hydrogen-bond acceptors (Lipinski definition) is 6. The molecule has 7 heteroatoms. The highest BCUT2D eigenvalue weighted by Gasteiger charge is 2.30. The average molecular weight is 332 g/mol. The van der Waals surface area contributed by atoms with Gasteiger partial charge in [0, 0.05) is 22.4 Å². The normalized spacial score (nSPS) is 15.0. The first-order valence-corrected chi connectivity index (χ1v) is 10.1. The molecule has 0 N–H and O–H groups in total. The second kappa shape index (κ2) is 7.12. The zero-order chi connectivity index (χ0) is 16.3. The molecule has 0 amide bonds. The summed E-state index contributed by atoms with van der Waals surface area (Å²) in [5, 5.41) is 0.132. The van der Waals surface area contributed by atoms with Gasteiger partial charge in [0.25, 0.3) is 0 Å². The molecule has 0 saturated heterocycles. The molecule has 0 spiro atoms. The van der Waals surface area contributed by atoms with Crippen LogP contribution in [-0.2, 0) is 14.5 Å². The van der Waals surface area contributed by atoms with Crippen LogP contribution < -0.4 is 4.52 Å². The van der Waals surface area contributed by atoms with Crippen LogP contribution in [0.4, 0.5) is 0 Å². The highest BCUT2D eigenvalue weighted by molar-refractivity contribution is 8.55. The molecule has 0 bridgehead atoms. The van der Waals surface area contributed by atoms with Gasteiger partial charge in [-0.25, -0.2) is 9.55 Å². The lowest BCUT2D eigenvalue weighted by molar-refractivity contribution is 0.292. The lowest BCUT2D eigenvalue weighted by Crippen LogP contribution is -2.17. The minimum atomic E-state index is -3.26. The standard InChI is InChI=1S/C14H25N2O3PS/c1-8-18-20(17,21-10(2)3)19-12-9-11(4)15-13(16-12)14(5,6)7/h9-10H,8H2,1-7H3. The second-order valence-electron chi connectivity index (χ2n) is 6.03. The predicted octanol–water partition coefficient (Wildman–Crippen LogP) is 4.75. The summed E-state index contributed by atoms with van der Waals surface area (Å²) in [6.45, 7) is 10.7. The molecule has 1 aromatic heterocycles. The Morgan fingerprint density at radius 3 is 2.43 bits per heavy atom. The first-order chi connectivity index (χ1) is 9.55. The fraction of sp³-hybridized carbons (Fsp3) is 0.714. The molecule has 1 rings (SSSR count). The van der Waals surface area contributed by atoms with Crippen molar-refractivity contribution >= 4 is 18.2 Å². The summed E-state index contributed by atoms with van der Waals surface area (Å²) >= 11 is 1.19. The van der Waals surface area contributed by atoms with Crippen molar-refractivity contribution in [2.45, 2.75) is 59.1 Å². The molecule has 21 heavy (non-hydrogen) atoms. The maximum Gasteiger partial charge on any atom is 0.441 e. The molecule has 1 atom stereocenters. The Morgan fingerprint density at radius 1 is 1.33 bits per heavy atom. The molecule has 1 aromatic rings. The van der Waals surface area contributed by atoms with E-state index < -0.39 is 6.80 Å². The van der Waals surface area contributed by atoms with E-state index in [2.05, 4.69) is 9.97 Å². The third-order valence-electron chi connectivity index (χ3n) is 2.33. The Bertz CT molecular complexity index is 529. The molecule has 0 aliphatic carbocycles. The minimum absolute atomic E-state index is 0.132. The molecule has 120 valence electrons. The Balaban J connectivity index is 3.10. The highest BCUT2D eigenvalue weighted by atomic mass is 32.7. The summed E-state index contributed by atoms with van der Waals surface area (Å²) in [6, 6.07) is 1.68. The van der Waals surface area contributed by atoms with Crippen LogP contribution in [0.25, 0.3) is 0 Å². The topological polar surface area (TPSA) is 61.3 Å². The molecule has 1 heterocycles. The van der Waals surface area contributed by atoms with Crippen molar-refractivity contribution in [3.05, 3.63) is 17.6 Å². The summed E-state index contributed by atoms with van der Waals surface area (Å²) in [7, 11) is 0. The van der Waals surface area contributed by atoms with E-state index in [1.54, 1.807) is 13.0 Å². The Labute approximate surface area is 131 Å². The van der Waals surface area contributed by atoms with Crippen LogP contribution in [0.5, 0.6) is 5.88 Å². The zero-order valence-electron chi connectivity index (χ0n) is 13.8. The molecular weight excluding hydrogens is 307 g/mol. The molecular formula is C14H25N2O3PS. The second-order valence-corrected chi connectivity index (χ2v) is 10.5. The molecule has 0 aromatic carbocycles. The number of aromatic nitrogens is 2. The van der Waals surface area contributed by atoms with Crippen LogP contribution in [0.2, 0.25) is 0 Å². The molecule has 1 unspecified atom stereocenters. The van der Waals surface area contributed by atoms with E-state index in [0.29, 0.717) is 18.3 Å². The van der Waals surface area contributed by atoms with Gasteiger partial charge in [-0.05, 0) is 25.2 Å². The molecule has 0 radical (unpaired) electrons. The summed E-state index contributed by atoms with van der Waals surface area (Å²) in [6.07, 6.45) is 0. The maximum atomic E-state index is 12.7. The number of nitrogens with zero attached hydrogens (tertiary/aromatic N) is 2. The number of aryl methyl sites for hydroxylation is 1. The van der Waals surface area contributed by atoms with Crippen molar-refractivity contribution in [2.24, 2.45) is 0 Å². The molecule has 0 aliphatic rings. The van der Waals surface area contributed by atoms with E-state index in [0.717, 1.165) is 5.69 Å². The third kappa shape index (κ3) is 5.97. The van der Waals surface area contributed by atoms with Gasteiger partial charge in [-0.2, -0.15) is 4.98 Å². The smallest absolute Gasteiger partial charge is 0.398 e. The van der Waals surface area contributed by atoms with E-state index in [1.807, 2.05) is 41.5 Å². The Kier molecular flexibility index (Phi) is 6.26. The Hall–Kier alpha value is -0.580. The van der Waals surface area contributed by atoms with Crippen molar-refractivity contribution < 1.29 is 13.6 Å². The van der Waals surface area contributed by atoms with Gasteiger partial charge in [0.15, 0.2) is 0 Å². The lowest BCUT2D eigenvalue weighted by atomic mass is 9.96. The quantitative estimate of drug-likeness (QED) is 0.701. The first-order valence-electron chi connectivity index (χ1n) is 7.04. The van der Waals surface area contributed by atoms with Gasteiger partial charge >= 0.3 is 6.80 Å². The molecule has 5 nitrogen and oxygen atoms in total. The molecule has 0 fully saturated rings.